The highest BCUT2D eigenvalue weighted by Crippen LogP contribution is 2.36. The second-order valence-electron chi connectivity index (χ2n) is 5.96. The molecule has 0 bridgehead atoms. The molecular formula is C23H26ClP. The van der Waals surface area contributed by atoms with Gasteiger partial charge in [0.15, 0.2) is 0 Å². The molecule has 0 spiro atoms. The highest BCUT2D eigenvalue weighted by Gasteiger charge is 2.20. The molecule has 0 nitrogen and oxygen atoms in total. The van der Waals surface area contributed by atoms with Crippen LogP contribution < -0.4 is 15.9 Å². The van der Waals surface area contributed by atoms with E-state index in [0.29, 0.717) is 0 Å². The van der Waals surface area contributed by atoms with Crippen LogP contribution in [0.25, 0.3) is 0 Å². The van der Waals surface area contributed by atoms with Crippen LogP contribution in [0.15, 0.2) is 72.8 Å². The molecule has 0 fully saturated rings. The van der Waals surface area contributed by atoms with E-state index in [1.165, 1.54) is 32.6 Å². The standard InChI is InChI=1S/C21H21P.C2H5Cl/c1-16-10-4-7-13-19(16)22(20-14-8-5-11-17(20)2)21-15-9-6-12-18(21)3;1-2-3/h4-15H,1-3H3;2H2,1H3. The zero-order chi connectivity index (χ0) is 18.2. The van der Waals surface area contributed by atoms with Crippen LogP contribution in [0.5, 0.6) is 0 Å². The number of alkyl halides is 1. The minimum absolute atomic E-state index is 0.508. The smallest absolute Gasteiger partial charge is 0.0195 e. The highest BCUT2D eigenvalue weighted by molar-refractivity contribution is 7.80. The lowest BCUT2D eigenvalue weighted by Crippen LogP contribution is -2.25. The third-order valence-electron chi connectivity index (χ3n) is 4.07. The van der Waals surface area contributed by atoms with Crippen molar-refractivity contribution >= 4 is 35.4 Å². The number of hydrogen-bond donors (Lipinski definition) is 0. The van der Waals surface area contributed by atoms with E-state index in [2.05, 4.69) is 93.6 Å². The summed E-state index contributed by atoms with van der Waals surface area (Å²) in [5.41, 5.74) is 4.13. The molecule has 2 heteroatoms. The number of rotatable bonds is 3. The maximum atomic E-state index is 5.00. The maximum Gasteiger partial charge on any atom is 0.0195 e. The molecule has 0 heterocycles. The molecule has 0 aliphatic rings. The average molecular weight is 369 g/mol. The summed E-state index contributed by atoms with van der Waals surface area (Å²) in [7, 11) is -0.508. The first-order chi connectivity index (χ1) is 12.1. The van der Waals surface area contributed by atoms with Crippen molar-refractivity contribution in [3.05, 3.63) is 89.5 Å². The van der Waals surface area contributed by atoms with Crippen LogP contribution in [0, 0.1) is 20.8 Å². The molecule has 0 radical (unpaired) electrons. The first kappa shape index (κ1) is 19.7. The fraction of sp³-hybridized carbons (Fsp3) is 0.217. The summed E-state index contributed by atoms with van der Waals surface area (Å²) in [4.78, 5) is 0. The summed E-state index contributed by atoms with van der Waals surface area (Å²) < 4.78 is 0. The van der Waals surface area contributed by atoms with Crippen LogP contribution in [-0.2, 0) is 0 Å². The number of benzene rings is 3. The van der Waals surface area contributed by atoms with Crippen LogP contribution in [0.4, 0.5) is 0 Å². The van der Waals surface area contributed by atoms with Gasteiger partial charge in [0.05, 0.1) is 0 Å². The van der Waals surface area contributed by atoms with E-state index >= 15 is 0 Å². The highest BCUT2D eigenvalue weighted by atomic mass is 35.5. The Labute approximate surface area is 158 Å². The topological polar surface area (TPSA) is 0 Å². The van der Waals surface area contributed by atoms with Crippen molar-refractivity contribution in [1.82, 2.24) is 0 Å². The van der Waals surface area contributed by atoms with Gasteiger partial charge in [-0.2, -0.15) is 0 Å². The van der Waals surface area contributed by atoms with Gasteiger partial charge >= 0.3 is 0 Å². The Morgan fingerprint density at radius 2 is 0.840 bits per heavy atom. The van der Waals surface area contributed by atoms with Crippen molar-refractivity contribution in [3.63, 3.8) is 0 Å². The van der Waals surface area contributed by atoms with E-state index in [4.69, 9.17) is 11.6 Å². The van der Waals surface area contributed by atoms with Crippen LogP contribution in [-0.4, -0.2) is 5.88 Å². The summed E-state index contributed by atoms with van der Waals surface area (Å²) >= 11 is 5.00. The first-order valence-corrected chi connectivity index (χ1v) is 10.5. The SMILES string of the molecule is CCCl.Cc1ccccc1P(c1ccccc1C)c1ccccc1C. The Morgan fingerprint density at radius 1 is 0.600 bits per heavy atom. The Balaban J connectivity index is 0.000000701. The van der Waals surface area contributed by atoms with Gasteiger partial charge in [0.1, 0.15) is 0 Å². The minimum Gasteiger partial charge on any atom is -0.127 e. The lowest BCUT2D eigenvalue weighted by Gasteiger charge is -2.24. The van der Waals surface area contributed by atoms with Crippen LogP contribution in [0.2, 0.25) is 0 Å². The molecule has 0 N–H and O–H groups in total. The second-order valence-corrected chi connectivity index (χ2v) is 8.61. The minimum atomic E-state index is -0.508. The number of aryl methyl sites for hydroxylation is 3. The summed E-state index contributed by atoms with van der Waals surface area (Å²) in [5, 5.41) is 4.38. The zero-order valence-electron chi connectivity index (χ0n) is 15.5. The molecule has 0 saturated heterocycles. The summed E-state index contributed by atoms with van der Waals surface area (Å²) in [6, 6.07) is 26.4. The summed E-state index contributed by atoms with van der Waals surface area (Å²) in [5.74, 6) is 0.722. The van der Waals surface area contributed by atoms with Gasteiger partial charge in [0.2, 0.25) is 0 Å². The first-order valence-electron chi connectivity index (χ1n) is 8.63. The quantitative estimate of drug-likeness (QED) is 0.416. The zero-order valence-corrected chi connectivity index (χ0v) is 17.1. The Kier molecular flexibility index (Phi) is 7.69. The van der Waals surface area contributed by atoms with E-state index in [1.54, 1.807) is 0 Å². The number of halogens is 1. The van der Waals surface area contributed by atoms with Crippen molar-refractivity contribution in [2.24, 2.45) is 0 Å². The van der Waals surface area contributed by atoms with E-state index in [-0.39, 0.29) is 0 Å². The normalized spacial score (nSPS) is 10.3. The van der Waals surface area contributed by atoms with Crippen LogP contribution in [0.3, 0.4) is 0 Å². The molecule has 0 amide bonds. The Hall–Kier alpha value is -1.62. The van der Waals surface area contributed by atoms with E-state index in [0.717, 1.165) is 5.88 Å². The van der Waals surface area contributed by atoms with Gasteiger partial charge in [-0.3, -0.25) is 0 Å². The molecule has 0 aromatic heterocycles. The van der Waals surface area contributed by atoms with E-state index in [9.17, 15) is 0 Å². The van der Waals surface area contributed by atoms with E-state index < -0.39 is 7.92 Å². The molecule has 0 aliphatic carbocycles. The predicted octanol–water partition coefficient (Wildman–Crippen LogP) is 5.62. The predicted molar refractivity (Wildman–Crippen MR) is 116 cm³/mol. The van der Waals surface area contributed by atoms with Crippen molar-refractivity contribution in [3.8, 4) is 0 Å². The third kappa shape index (κ3) is 4.94. The number of hydrogen-bond acceptors (Lipinski definition) is 0. The molecule has 0 atom stereocenters. The van der Waals surface area contributed by atoms with E-state index in [1.807, 2.05) is 6.92 Å². The molecule has 130 valence electrons. The summed E-state index contributed by atoms with van der Waals surface area (Å²) in [6.07, 6.45) is 0. The molecule has 25 heavy (non-hydrogen) atoms. The van der Waals surface area contributed by atoms with Gasteiger partial charge in [-0.25, -0.2) is 0 Å². The fourth-order valence-corrected chi connectivity index (χ4v) is 5.60. The molecule has 0 unspecified atom stereocenters. The fourth-order valence-electron chi connectivity index (χ4n) is 2.83. The Morgan fingerprint density at radius 3 is 1.08 bits per heavy atom. The lowest BCUT2D eigenvalue weighted by molar-refractivity contribution is 1.49. The summed E-state index contributed by atoms with van der Waals surface area (Å²) in [6.45, 7) is 8.56. The van der Waals surface area contributed by atoms with Gasteiger partial charge in [-0.1, -0.05) is 79.7 Å². The van der Waals surface area contributed by atoms with Crippen molar-refractivity contribution in [2.45, 2.75) is 27.7 Å². The van der Waals surface area contributed by atoms with Gasteiger partial charge < -0.3 is 0 Å². The monoisotopic (exact) mass is 368 g/mol. The molecular weight excluding hydrogens is 343 g/mol. The van der Waals surface area contributed by atoms with Crippen molar-refractivity contribution in [2.75, 3.05) is 5.88 Å². The van der Waals surface area contributed by atoms with Crippen molar-refractivity contribution < 1.29 is 0 Å². The largest absolute Gasteiger partial charge is 0.127 e. The van der Waals surface area contributed by atoms with Gasteiger partial charge in [-0.15, -0.1) is 11.6 Å². The van der Waals surface area contributed by atoms with Crippen LogP contribution >= 0.6 is 19.5 Å². The average Bonchev–Trinajstić information content (AvgIpc) is 2.60. The van der Waals surface area contributed by atoms with Gasteiger partial charge in [0, 0.05) is 5.88 Å². The third-order valence-corrected chi connectivity index (χ3v) is 7.02. The lowest BCUT2D eigenvalue weighted by atomic mass is 10.2. The molecule has 3 aromatic rings. The molecule has 0 aliphatic heterocycles. The van der Waals surface area contributed by atoms with Gasteiger partial charge in [0.25, 0.3) is 0 Å². The molecule has 3 aromatic carbocycles. The van der Waals surface area contributed by atoms with Crippen molar-refractivity contribution in [1.29, 1.82) is 0 Å². The van der Waals surface area contributed by atoms with Gasteiger partial charge in [-0.05, 0) is 61.3 Å². The van der Waals surface area contributed by atoms with Crippen LogP contribution in [0.1, 0.15) is 23.6 Å². The second kappa shape index (κ2) is 9.76. The molecule has 0 saturated carbocycles. The molecule has 3 rings (SSSR count). The Bertz CT molecular complexity index is 702. The maximum absolute atomic E-state index is 5.00.